The number of rotatable bonds is 0. The van der Waals surface area contributed by atoms with E-state index in [9.17, 15) is 0 Å². The number of quaternary nitrogens is 6. The molecule has 0 aliphatic heterocycles. The first-order valence-electron chi connectivity index (χ1n) is 3.29. The highest BCUT2D eigenvalue weighted by molar-refractivity contribution is 4.05. The van der Waals surface area contributed by atoms with Crippen LogP contribution < -0.4 is 36.9 Å². The van der Waals surface area contributed by atoms with Crippen molar-refractivity contribution < 1.29 is 30.5 Å². The van der Waals surface area contributed by atoms with Gasteiger partial charge in [-0.05, 0) is 0 Å². The molecule has 24 N–H and O–H groups in total. The lowest BCUT2D eigenvalue weighted by Crippen LogP contribution is -1.74. The van der Waals surface area contributed by atoms with Crippen LogP contribution >= 0.6 is 0 Å². The topological polar surface area (TPSA) is 616 Å². The molecule has 0 aliphatic carbocycles. The molecule has 30 heteroatoms. The summed E-state index contributed by atoms with van der Waals surface area (Å²) < 4.78 is 0. The molecular formula is H24N12O18. The van der Waals surface area contributed by atoms with E-state index >= 15 is 0 Å². The fraction of sp³-hybridized carbons (Fsp3) is 0. The fourth-order valence-electron chi connectivity index (χ4n) is 0. The molecule has 0 saturated carbocycles. The van der Waals surface area contributed by atoms with Crippen molar-refractivity contribution in [3.63, 3.8) is 0 Å². The minimum absolute atomic E-state index is 0. The molecule has 0 aromatic carbocycles. The van der Waals surface area contributed by atoms with Crippen LogP contribution in [0.15, 0.2) is 0 Å². The van der Waals surface area contributed by atoms with E-state index in [1.165, 1.54) is 0 Å². The molecule has 0 aromatic rings. The molecule has 0 amide bonds. The molecule has 0 rings (SSSR count). The lowest BCUT2D eigenvalue weighted by Gasteiger charge is -1.74. The smallest absolute Gasteiger partial charge is 0.0689 e. The Bertz CT molecular complexity index is 260. The van der Waals surface area contributed by atoms with Crippen LogP contribution in [0.1, 0.15) is 0 Å². The van der Waals surface area contributed by atoms with Crippen LogP contribution in [0.5, 0.6) is 0 Å². The van der Waals surface area contributed by atoms with Gasteiger partial charge in [0, 0.05) is 0 Å². The predicted molar refractivity (Wildman–Crippen MR) is 98.1 cm³/mol. The maximum atomic E-state index is 8.25. The quantitative estimate of drug-likeness (QED) is 0.206. The fourth-order valence-corrected chi connectivity index (χ4v) is 0. The highest BCUT2D eigenvalue weighted by Gasteiger charge is 1.47. The van der Waals surface area contributed by atoms with Gasteiger partial charge in [0.05, 0.1) is 30.5 Å². The summed E-state index contributed by atoms with van der Waals surface area (Å²) in [5, 5.41) is 88.5. The maximum absolute atomic E-state index is 8.25. The molecule has 192 valence electrons. The van der Waals surface area contributed by atoms with E-state index in [1.54, 1.807) is 0 Å². The molecular weight excluding hydrogens is 456 g/mol. The molecule has 0 unspecified atom stereocenters. The molecule has 0 bridgehead atoms. The van der Waals surface area contributed by atoms with Gasteiger partial charge in [0.1, 0.15) is 0 Å². The summed E-state index contributed by atoms with van der Waals surface area (Å²) in [6.07, 6.45) is 0. The van der Waals surface area contributed by atoms with E-state index in [1.807, 2.05) is 0 Å². The largest absolute Gasteiger partial charge is 0.369 e. The Kier molecular flexibility index (Phi) is 214. The first kappa shape index (κ1) is 85.3. The van der Waals surface area contributed by atoms with E-state index < -0.39 is 30.5 Å². The zero-order valence-electron chi connectivity index (χ0n) is 16.0. The third kappa shape index (κ3) is 436. The van der Waals surface area contributed by atoms with Gasteiger partial charge in [-0.1, -0.05) is 0 Å². The molecule has 0 radical (unpaired) electrons. The van der Waals surface area contributed by atoms with Gasteiger partial charge in [0.15, 0.2) is 0 Å². The summed E-state index contributed by atoms with van der Waals surface area (Å²) in [5.41, 5.74) is 0. The number of hydrogen-bond acceptors (Lipinski definition) is 18. The Hall–Kier alpha value is -5.04. The first-order valence-corrected chi connectivity index (χ1v) is 3.29. The van der Waals surface area contributed by atoms with Crippen LogP contribution in [0.2, 0.25) is 0 Å². The molecule has 0 spiro atoms. The third-order valence-electron chi connectivity index (χ3n) is 0. The van der Waals surface area contributed by atoms with Crippen LogP contribution in [0, 0.1) is 91.9 Å². The van der Waals surface area contributed by atoms with Gasteiger partial charge in [0.25, 0.3) is 0 Å². The van der Waals surface area contributed by atoms with Gasteiger partial charge in [-0.15, -0.1) is 0 Å². The Morgan fingerprint density at radius 1 is 0.233 bits per heavy atom. The van der Waals surface area contributed by atoms with Crippen molar-refractivity contribution in [2.24, 2.45) is 0 Å². The average Bonchev–Trinajstić information content (AvgIpc) is 2.08. The highest BCUT2D eigenvalue weighted by atomic mass is 16.9. The zero-order valence-corrected chi connectivity index (χ0v) is 16.0. The average molecular weight is 480 g/mol. The highest BCUT2D eigenvalue weighted by Crippen LogP contribution is 1.46. The zero-order chi connectivity index (χ0) is 21.5. The first-order chi connectivity index (χ1) is 10.4. The van der Waals surface area contributed by atoms with Crippen molar-refractivity contribution in [1.29, 1.82) is 0 Å². The van der Waals surface area contributed by atoms with Crippen LogP contribution in [0.3, 0.4) is 0 Å². The second-order valence-electron chi connectivity index (χ2n) is 1.34. The Morgan fingerprint density at radius 3 is 0.233 bits per heavy atom. The number of hydrogen-bond donors (Lipinski definition) is 6. The lowest BCUT2D eigenvalue weighted by atomic mass is 13.1. The van der Waals surface area contributed by atoms with Gasteiger partial charge in [-0.3, -0.25) is 0 Å². The predicted octanol–water partition coefficient (Wildman–Crippen LogP) is 0.823. The van der Waals surface area contributed by atoms with Crippen LogP contribution in [-0.4, -0.2) is 30.5 Å². The van der Waals surface area contributed by atoms with Crippen LogP contribution in [-0.2, 0) is 0 Å². The molecule has 30 heavy (non-hydrogen) atoms. The van der Waals surface area contributed by atoms with Gasteiger partial charge >= 0.3 is 0 Å². The van der Waals surface area contributed by atoms with Crippen molar-refractivity contribution in [2.45, 2.75) is 0 Å². The van der Waals surface area contributed by atoms with Gasteiger partial charge in [-0.2, -0.15) is 0 Å². The van der Waals surface area contributed by atoms with E-state index in [4.69, 9.17) is 91.9 Å². The summed E-state index contributed by atoms with van der Waals surface area (Å²) in [6, 6.07) is 0. The molecule has 30 nitrogen and oxygen atoms in total. The molecule has 0 aromatic heterocycles. The minimum atomic E-state index is -1.75. The van der Waals surface area contributed by atoms with Gasteiger partial charge in [-0.25, -0.2) is 0 Å². The normalized spacial score (nSPS) is 4.80. The second-order valence-corrected chi connectivity index (χ2v) is 1.34. The Balaban J connectivity index is -0.0000000125. The molecule has 0 saturated heterocycles. The summed E-state index contributed by atoms with van der Waals surface area (Å²) in [7, 11) is 0. The van der Waals surface area contributed by atoms with Crippen molar-refractivity contribution in [1.82, 2.24) is 36.9 Å². The lowest BCUT2D eigenvalue weighted by molar-refractivity contribution is -0.403. The second kappa shape index (κ2) is 75.2. The summed E-state index contributed by atoms with van der Waals surface area (Å²) in [5.74, 6) is 0. The van der Waals surface area contributed by atoms with Crippen LogP contribution in [0.25, 0.3) is 0 Å². The summed E-state index contributed by atoms with van der Waals surface area (Å²) >= 11 is 0. The molecule has 0 atom stereocenters. The van der Waals surface area contributed by atoms with Crippen molar-refractivity contribution >= 4 is 0 Å². The van der Waals surface area contributed by atoms with Gasteiger partial charge in [0.2, 0.25) is 0 Å². The Morgan fingerprint density at radius 2 is 0.233 bits per heavy atom. The number of nitrogens with zero attached hydrogens (tertiary/aromatic N) is 6. The van der Waals surface area contributed by atoms with E-state index in [-0.39, 0.29) is 36.9 Å². The molecule has 0 heterocycles. The SMILES string of the molecule is O=[N+]([O-])[O-].O=[N+]([O-])[O-].O=[N+]([O-])[O-].O=[N+]([O-])[O-].O=[N+]([O-])[O-].O=[N+]([O-])[O-].[NH4+].[NH4+].[NH4+].[NH4+].[NH4+].[NH4+]. The molecule has 0 aliphatic rings. The third-order valence-corrected chi connectivity index (χ3v) is 0. The standard InChI is InChI=1S/6NO3.6H3N/c6*2-1(3)4;;;;;;/h;;;;;;6*1H3/q6*-1;;;;;;/p+6. The monoisotopic (exact) mass is 480 g/mol. The maximum Gasteiger partial charge on any atom is 0.0689 e. The minimum Gasteiger partial charge on any atom is -0.369 e. The van der Waals surface area contributed by atoms with E-state index in [0.717, 1.165) is 0 Å². The summed E-state index contributed by atoms with van der Waals surface area (Å²) in [6.45, 7) is 0. The van der Waals surface area contributed by atoms with E-state index in [2.05, 4.69) is 0 Å². The van der Waals surface area contributed by atoms with Crippen molar-refractivity contribution in [3.05, 3.63) is 91.9 Å². The van der Waals surface area contributed by atoms with E-state index in [0.29, 0.717) is 0 Å². The van der Waals surface area contributed by atoms with Crippen LogP contribution in [0.4, 0.5) is 0 Å². The van der Waals surface area contributed by atoms with Crippen molar-refractivity contribution in [2.75, 3.05) is 0 Å². The Labute approximate surface area is 161 Å². The van der Waals surface area contributed by atoms with Gasteiger partial charge < -0.3 is 129 Å². The summed E-state index contributed by atoms with van der Waals surface area (Å²) in [4.78, 5) is 49.5. The molecule has 0 fully saturated rings. The van der Waals surface area contributed by atoms with Crippen molar-refractivity contribution in [3.8, 4) is 0 Å².